The van der Waals surface area contributed by atoms with Crippen molar-refractivity contribution in [1.82, 2.24) is 19.4 Å². The number of alkyl halides is 2. The van der Waals surface area contributed by atoms with E-state index in [0.29, 0.717) is 37.8 Å². The van der Waals surface area contributed by atoms with E-state index in [4.69, 9.17) is 16.3 Å². The Morgan fingerprint density at radius 3 is 2.36 bits per heavy atom. The molecule has 13 heteroatoms. The number of fused-ring (bicyclic) bond motifs is 1. The average Bonchev–Trinajstić information content (AvgIpc) is 3.28. The Labute approximate surface area is 252 Å². The molecule has 1 N–H and O–H groups in total. The second-order valence-corrected chi connectivity index (χ2v) is 10.6. The maximum atomic E-state index is 13.7. The Bertz CT molecular complexity index is 1690. The summed E-state index contributed by atoms with van der Waals surface area (Å²) in [5, 5.41) is 3.19. The van der Waals surface area contributed by atoms with Gasteiger partial charge < -0.3 is 19.7 Å². The molecule has 2 amide bonds. The molecule has 4 aromatic rings. The van der Waals surface area contributed by atoms with E-state index >= 15 is 0 Å². The second kappa shape index (κ2) is 12.4. The molecule has 42 heavy (non-hydrogen) atoms. The number of hydrogen-bond donors (Lipinski definition) is 1. The van der Waals surface area contributed by atoms with Crippen molar-refractivity contribution in [3.63, 3.8) is 0 Å². The number of halogens is 4. The summed E-state index contributed by atoms with van der Waals surface area (Å²) in [6.07, 6.45) is 0. The zero-order valence-corrected chi connectivity index (χ0v) is 24.5. The molecule has 218 valence electrons. The first kappa shape index (κ1) is 29.3. The van der Waals surface area contributed by atoms with Crippen LogP contribution < -0.4 is 20.5 Å². The molecule has 5 rings (SSSR count). The maximum absolute atomic E-state index is 13.7. The van der Waals surface area contributed by atoms with E-state index in [0.717, 1.165) is 0 Å². The predicted molar refractivity (Wildman–Crippen MR) is 155 cm³/mol. The summed E-state index contributed by atoms with van der Waals surface area (Å²) in [5.41, 5.74) is 1.47. The molecule has 9 nitrogen and oxygen atoms in total. The first-order valence-electron chi connectivity index (χ1n) is 12.7. The summed E-state index contributed by atoms with van der Waals surface area (Å²) in [7, 11) is 1.52. The number of methoxy groups -OCH3 is 1. The minimum Gasteiger partial charge on any atom is -0.497 e. The number of nitrogens with one attached hydrogen (secondary N) is 1. The molecule has 1 aliphatic heterocycles. The summed E-state index contributed by atoms with van der Waals surface area (Å²) in [5.74, 6) is -0.277. The number of carbonyl (C=O) groups is 2. The van der Waals surface area contributed by atoms with Crippen LogP contribution in [0.1, 0.15) is 32.1 Å². The zero-order valence-electron chi connectivity index (χ0n) is 22.2. The van der Waals surface area contributed by atoms with Crippen LogP contribution in [-0.4, -0.2) is 46.1 Å². The van der Waals surface area contributed by atoms with Crippen molar-refractivity contribution in [2.24, 2.45) is 0 Å². The lowest BCUT2D eigenvalue weighted by atomic mass is 10.1. The van der Waals surface area contributed by atoms with Crippen LogP contribution in [0.4, 0.5) is 8.78 Å². The lowest BCUT2D eigenvalue weighted by Gasteiger charge is -2.28. The fraction of sp³-hybridized carbons (Fsp3) is 0.207. The quantitative estimate of drug-likeness (QED) is 0.279. The van der Waals surface area contributed by atoms with Gasteiger partial charge in [0.2, 0.25) is 0 Å². The van der Waals surface area contributed by atoms with E-state index in [-0.39, 0.29) is 43.5 Å². The van der Waals surface area contributed by atoms with Gasteiger partial charge in [0.05, 0.1) is 30.1 Å². The molecule has 0 radical (unpaired) electrons. The van der Waals surface area contributed by atoms with Crippen molar-refractivity contribution in [1.29, 1.82) is 0 Å². The Balaban J connectivity index is 1.48. The van der Waals surface area contributed by atoms with E-state index in [1.807, 2.05) is 0 Å². The number of benzene rings is 3. The van der Waals surface area contributed by atoms with E-state index in [9.17, 15) is 23.2 Å². The topological polar surface area (TPSA) is 94.8 Å². The van der Waals surface area contributed by atoms with Gasteiger partial charge in [0.1, 0.15) is 17.2 Å². The van der Waals surface area contributed by atoms with Crippen LogP contribution in [0.15, 0.2) is 76.0 Å². The highest BCUT2D eigenvalue weighted by Crippen LogP contribution is 2.26. The fourth-order valence-electron chi connectivity index (χ4n) is 4.70. The van der Waals surface area contributed by atoms with Crippen LogP contribution in [0.25, 0.3) is 5.69 Å². The van der Waals surface area contributed by atoms with E-state index < -0.39 is 18.2 Å². The van der Waals surface area contributed by atoms with E-state index in [1.54, 1.807) is 59.5 Å². The number of rotatable bonds is 8. The molecule has 0 unspecified atom stereocenters. The maximum Gasteiger partial charge on any atom is 0.387 e. The number of aromatic nitrogens is 2. The lowest BCUT2D eigenvalue weighted by molar-refractivity contribution is -0.0498. The van der Waals surface area contributed by atoms with Gasteiger partial charge in [-0.3, -0.25) is 18.7 Å². The summed E-state index contributed by atoms with van der Waals surface area (Å²) in [6.45, 7) is -2.46. The van der Waals surface area contributed by atoms with Crippen molar-refractivity contribution < 1.29 is 27.8 Å². The minimum atomic E-state index is -2.95. The average molecular weight is 662 g/mol. The molecule has 0 fully saturated rings. The van der Waals surface area contributed by atoms with Crippen LogP contribution in [0.5, 0.6) is 11.5 Å². The standard InChI is InChI=1S/C29H24BrClF2N4O5/c1-41-20-9-5-19(6-10-20)37-25(26(38)34-15-17-2-7-21(8-3-17)42-28(32)33)24-16-35(12-13-36(24)29(37)40)27(39)18-4-11-22(30)23(31)14-18/h2-11,14,28H,12-13,15-16H2,1H3,(H,34,38). The molecule has 2 heterocycles. The monoisotopic (exact) mass is 660 g/mol. The third-order valence-electron chi connectivity index (χ3n) is 6.78. The van der Waals surface area contributed by atoms with Crippen molar-refractivity contribution in [3.05, 3.63) is 109 Å². The van der Waals surface area contributed by atoms with Gasteiger partial charge in [0, 0.05) is 29.7 Å². The Kier molecular flexibility index (Phi) is 8.64. The molecular formula is C29H24BrClF2N4O5. The van der Waals surface area contributed by atoms with Crippen molar-refractivity contribution in [2.45, 2.75) is 26.2 Å². The third kappa shape index (κ3) is 6.04. The Morgan fingerprint density at radius 2 is 1.71 bits per heavy atom. The largest absolute Gasteiger partial charge is 0.497 e. The van der Waals surface area contributed by atoms with Crippen LogP contribution in [0.3, 0.4) is 0 Å². The molecule has 0 aliphatic carbocycles. The zero-order chi connectivity index (χ0) is 30.0. The van der Waals surface area contributed by atoms with Gasteiger partial charge in [-0.1, -0.05) is 23.7 Å². The summed E-state index contributed by atoms with van der Waals surface area (Å²) >= 11 is 9.53. The number of imidazole rings is 1. The lowest BCUT2D eigenvalue weighted by Crippen LogP contribution is -2.41. The van der Waals surface area contributed by atoms with E-state index in [2.05, 4.69) is 26.0 Å². The highest BCUT2D eigenvalue weighted by molar-refractivity contribution is 9.10. The highest BCUT2D eigenvalue weighted by atomic mass is 79.9. The Hall–Kier alpha value is -4.16. The second-order valence-electron chi connectivity index (χ2n) is 9.32. The van der Waals surface area contributed by atoms with Gasteiger partial charge in [-0.25, -0.2) is 4.79 Å². The molecule has 1 aliphatic rings. The molecule has 0 atom stereocenters. The fourth-order valence-corrected chi connectivity index (χ4v) is 5.13. The van der Waals surface area contributed by atoms with Gasteiger partial charge in [-0.05, 0) is 76.1 Å². The number of carbonyl (C=O) groups excluding carboxylic acids is 2. The van der Waals surface area contributed by atoms with Crippen molar-refractivity contribution in [2.75, 3.05) is 13.7 Å². The third-order valence-corrected chi connectivity index (χ3v) is 8.01. The van der Waals surface area contributed by atoms with Crippen LogP contribution in [-0.2, 0) is 19.6 Å². The number of ether oxygens (including phenoxy) is 2. The number of nitrogens with zero attached hydrogens (tertiary/aromatic N) is 3. The van der Waals surface area contributed by atoms with Crippen molar-refractivity contribution >= 4 is 39.3 Å². The molecule has 0 saturated carbocycles. The summed E-state index contributed by atoms with van der Waals surface area (Å²) < 4.78 is 38.0. The van der Waals surface area contributed by atoms with Crippen LogP contribution >= 0.6 is 27.5 Å². The van der Waals surface area contributed by atoms with Gasteiger partial charge in [-0.15, -0.1) is 0 Å². The highest BCUT2D eigenvalue weighted by Gasteiger charge is 2.32. The molecule has 3 aromatic carbocycles. The van der Waals surface area contributed by atoms with Crippen LogP contribution in [0, 0.1) is 0 Å². The Morgan fingerprint density at radius 1 is 1.02 bits per heavy atom. The smallest absolute Gasteiger partial charge is 0.387 e. The number of amides is 2. The SMILES string of the molecule is COc1ccc(-n2c(C(=O)NCc3ccc(OC(F)F)cc3)c3n(c2=O)CCN(C(=O)c2ccc(Br)c(Cl)c2)C3)cc1. The van der Waals surface area contributed by atoms with Crippen LogP contribution in [0.2, 0.25) is 5.02 Å². The summed E-state index contributed by atoms with van der Waals surface area (Å²) in [6, 6.07) is 17.4. The van der Waals surface area contributed by atoms with Gasteiger partial charge in [0.25, 0.3) is 11.8 Å². The van der Waals surface area contributed by atoms with Gasteiger partial charge in [-0.2, -0.15) is 8.78 Å². The first-order valence-corrected chi connectivity index (χ1v) is 13.9. The predicted octanol–water partition coefficient (Wildman–Crippen LogP) is 5.25. The minimum absolute atomic E-state index is 0.00727. The molecule has 0 spiro atoms. The molecular weight excluding hydrogens is 638 g/mol. The number of hydrogen-bond acceptors (Lipinski definition) is 5. The molecule has 0 bridgehead atoms. The van der Waals surface area contributed by atoms with E-state index in [1.165, 1.54) is 28.4 Å². The first-order chi connectivity index (χ1) is 20.2. The van der Waals surface area contributed by atoms with Gasteiger partial charge >= 0.3 is 12.3 Å². The normalized spacial score (nSPS) is 12.7. The summed E-state index contributed by atoms with van der Waals surface area (Å²) in [4.78, 5) is 42.3. The molecule has 0 saturated heterocycles. The molecule has 1 aromatic heterocycles. The van der Waals surface area contributed by atoms with Crippen molar-refractivity contribution in [3.8, 4) is 17.2 Å². The van der Waals surface area contributed by atoms with Gasteiger partial charge in [0.15, 0.2) is 0 Å².